The number of halogens is 1. The number of morpholine rings is 1. The van der Waals surface area contributed by atoms with Gasteiger partial charge < -0.3 is 9.64 Å². The number of amides is 1. The van der Waals surface area contributed by atoms with Gasteiger partial charge in [-0.3, -0.25) is 4.79 Å². The third kappa shape index (κ3) is 2.82. The zero-order valence-corrected chi connectivity index (χ0v) is 10.3. The Balaban J connectivity index is 1.90. The molecule has 1 saturated heterocycles. The van der Waals surface area contributed by atoms with Crippen molar-refractivity contribution in [3.63, 3.8) is 0 Å². The molecule has 1 heterocycles. The van der Waals surface area contributed by atoms with Crippen LogP contribution < -0.4 is 0 Å². The van der Waals surface area contributed by atoms with Crippen molar-refractivity contribution in [2.45, 2.75) is 19.3 Å². The van der Waals surface area contributed by atoms with Crippen LogP contribution in [0, 0.1) is 5.92 Å². The molecule has 1 fully saturated rings. The monoisotopic (exact) mass is 273 g/mol. The van der Waals surface area contributed by atoms with E-state index in [4.69, 9.17) is 4.74 Å². The van der Waals surface area contributed by atoms with Gasteiger partial charge in [0.25, 0.3) is 0 Å². The summed E-state index contributed by atoms with van der Waals surface area (Å²) in [5.74, 6) is 0.513. The minimum atomic E-state index is 0.199. The first kappa shape index (κ1) is 11.1. The SMILES string of the molecule is O=C(C1CC=C(Br)CC1)N1CCOCC1. The molecule has 0 saturated carbocycles. The van der Waals surface area contributed by atoms with Gasteiger partial charge in [-0.15, -0.1) is 0 Å². The molecule has 0 aromatic carbocycles. The van der Waals surface area contributed by atoms with Gasteiger partial charge in [-0.2, -0.15) is 0 Å². The van der Waals surface area contributed by atoms with E-state index < -0.39 is 0 Å². The van der Waals surface area contributed by atoms with Crippen LogP contribution in [-0.4, -0.2) is 37.1 Å². The summed E-state index contributed by atoms with van der Waals surface area (Å²) in [6.45, 7) is 2.91. The van der Waals surface area contributed by atoms with Gasteiger partial charge in [0.1, 0.15) is 0 Å². The van der Waals surface area contributed by atoms with E-state index in [1.54, 1.807) is 0 Å². The molecular weight excluding hydrogens is 258 g/mol. The van der Waals surface area contributed by atoms with Gasteiger partial charge in [-0.05, 0) is 23.7 Å². The largest absolute Gasteiger partial charge is 0.378 e. The average molecular weight is 274 g/mol. The van der Waals surface area contributed by atoms with Crippen LogP contribution in [0.5, 0.6) is 0 Å². The molecule has 84 valence electrons. The van der Waals surface area contributed by atoms with Crippen molar-refractivity contribution in [3.8, 4) is 0 Å². The van der Waals surface area contributed by atoms with E-state index in [-0.39, 0.29) is 5.92 Å². The van der Waals surface area contributed by atoms with E-state index in [0.29, 0.717) is 19.1 Å². The Bertz CT molecular complexity index is 272. The molecule has 1 unspecified atom stereocenters. The zero-order valence-electron chi connectivity index (χ0n) is 8.75. The molecule has 0 radical (unpaired) electrons. The van der Waals surface area contributed by atoms with Gasteiger partial charge in [0, 0.05) is 19.0 Å². The van der Waals surface area contributed by atoms with Gasteiger partial charge in [0.2, 0.25) is 5.91 Å². The summed E-state index contributed by atoms with van der Waals surface area (Å²) in [5, 5.41) is 0. The molecule has 0 aromatic heterocycles. The van der Waals surface area contributed by atoms with Crippen molar-refractivity contribution in [2.24, 2.45) is 5.92 Å². The number of hydrogen-bond donors (Lipinski definition) is 0. The summed E-state index contributed by atoms with van der Waals surface area (Å²) in [5.41, 5.74) is 0. The van der Waals surface area contributed by atoms with Crippen molar-refractivity contribution >= 4 is 21.8 Å². The smallest absolute Gasteiger partial charge is 0.226 e. The predicted molar refractivity (Wildman–Crippen MR) is 61.8 cm³/mol. The lowest BCUT2D eigenvalue weighted by Gasteiger charge is -2.31. The molecule has 0 spiro atoms. The van der Waals surface area contributed by atoms with E-state index in [0.717, 1.165) is 32.4 Å². The topological polar surface area (TPSA) is 29.5 Å². The molecule has 15 heavy (non-hydrogen) atoms. The highest BCUT2D eigenvalue weighted by Crippen LogP contribution is 2.28. The van der Waals surface area contributed by atoms with Gasteiger partial charge in [-0.1, -0.05) is 22.0 Å². The molecule has 0 N–H and O–H groups in total. The van der Waals surface area contributed by atoms with Crippen LogP contribution in [0.2, 0.25) is 0 Å². The molecular formula is C11H16BrNO2. The fourth-order valence-electron chi connectivity index (χ4n) is 2.07. The highest BCUT2D eigenvalue weighted by Gasteiger charge is 2.26. The van der Waals surface area contributed by atoms with Crippen LogP contribution in [-0.2, 0) is 9.53 Å². The van der Waals surface area contributed by atoms with Crippen molar-refractivity contribution in [2.75, 3.05) is 26.3 Å². The molecule has 1 atom stereocenters. The molecule has 4 heteroatoms. The minimum absolute atomic E-state index is 0.199. The van der Waals surface area contributed by atoms with Gasteiger partial charge in [-0.25, -0.2) is 0 Å². The standard InChI is InChI=1S/C11H16BrNO2/c12-10-3-1-9(2-4-10)11(14)13-5-7-15-8-6-13/h3,9H,1-2,4-8H2. The predicted octanol–water partition coefficient (Wildman–Crippen LogP) is 1.92. The second-order valence-corrected chi connectivity index (χ2v) is 5.08. The van der Waals surface area contributed by atoms with Crippen LogP contribution in [0.3, 0.4) is 0 Å². The maximum absolute atomic E-state index is 12.1. The van der Waals surface area contributed by atoms with Crippen LogP contribution in [0.25, 0.3) is 0 Å². The number of rotatable bonds is 1. The third-order valence-corrected chi connectivity index (χ3v) is 3.75. The molecule has 2 aliphatic rings. The molecule has 1 aliphatic carbocycles. The maximum Gasteiger partial charge on any atom is 0.226 e. The summed E-state index contributed by atoms with van der Waals surface area (Å²) in [6, 6.07) is 0. The van der Waals surface area contributed by atoms with Crippen LogP contribution in [0.1, 0.15) is 19.3 Å². The van der Waals surface area contributed by atoms with E-state index in [2.05, 4.69) is 22.0 Å². The number of nitrogens with zero attached hydrogens (tertiary/aromatic N) is 1. The number of hydrogen-bond acceptors (Lipinski definition) is 2. The molecule has 3 nitrogen and oxygen atoms in total. The van der Waals surface area contributed by atoms with Crippen LogP contribution >= 0.6 is 15.9 Å². The van der Waals surface area contributed by atoms with Gasteiger partial charge >= 0.3 is 0 Å². The number of ether oxygens (including phenoxy) is 1. The third-order valence-electron chi connectivity index (χ3n) is 3.03. The molecule has 0 bridgehead atoms. The van der Waals surface area contributed by atoms with Crippen molar-refractivity contribution in [1.29, 1.82) is 0 Å². The summed E-state index contributed by atoms with van der Waals surface area (Å²) >= 11 is 3.48. The zero-order chi connectivity index (χ0) is 10.7. The van der Waals surface area contributed by atoms with E-state index in [1.165, 1.54) is 4.48 Å². The Kier molecular flexibility index (Phi) is 3.81. The summed E-state index contributed by atoms with van der Waals surface area (Å²) in [6.07, 6.45) is 5.00. The maximum atomic E-state index is 12.1. The average Bonchev–Trinajstić information content (AvgIpc) is 2.30. The second kappa shape index (κ2) is 5.12. The number of carbonyl (C=O) groups excluding carboxylic acids is 1. The minimum Gasteiger partial charge on any atom is -0.378 e. The fourth-order valence-corrected chi connectivity index (χ4v) is 2.48. The van der Waals surface area contributed by atoms with Crippen molar-refractivity contribution in [3.05, 3.63) is 10.6 Å². The summed E-state index contributed by atoms with van der Waals surface area (Å²) in [7, 11) is 0. The Morgan fingerprint density at radius 3 is 2.80 bits per heavy atom. The fraction of sp³-hybridized carbons (Fsp3) is 0.727. The second-order valence-electron chi connectivity index (χ2n) is 4.06. The molecule has 2 rings (SSSR count). The van der Waals surface area contributed by atoms with Crippen molar-refractivity contribution in [1.82, 2.24) is 4.90 Å². The summed E-state index contributed by atoms with van der Waals surface area (Å²) in [4.78, 5) is 14.0. The Morgan fingerprint density at radius 1 is 1.47 bits per heavy atom. The van der Waals surface area contributed by atoms with E-state index in [1.807, 2.05) is 4.90 Å². The van der Waals surface area contributed by atoms with Gasteiger partial charge in [0.15, 0.2) is 0 Å². The quantitative estimate of drug-likeness (QED) is 0.731. The van der Waals surface area contributed by atoms with Crippen LogP contribution in [0.15, 0.2) is 10.6 Å². The Morgan fingerprint density at radius 2 is 2.20 bits per heavy atom. The number of allylic oxidation sites excluding steroid dienone is 2. The van der Waals surface area contributed by atoms with E-state index in [9.17, 15) is 4.79 Å². The van der Waals surface area contributed by atoms with Gasteiger partial charge in [0.05, 0.1) is 13.2 Å². The molecule has 1 aliphatic heterocycles. The lowest BCUT2D eigenvalue weighted by Crippen LogP contribution is -2.43. The van der Waals surface area contributed by atoms with E-state index >= 15 is 0 Å². The first-order chi connectivity index (χ1) is 7.27. The van der Waals surface area contributed by atoms with Crippen LogP contribution in [0.4, 0.5) is 0 Å². The first-order valence-electron chi connectivity index (χ1n) is 5.48. The Hall–Kier alpha value is -0.350. The highest BCUT2D eigenvalue weighted by molar-refractivity contribution is 9.11. The number of carbonyl (C=O) groups is 1. The first-order valence-corrected chi connectivity index (χ1v) is 6.28. The summed E-state index contributed by atoms with van der Waals surface area (Å²) < 4.78 is 6.48. The van der Waals surface area contributed by atoms with Crippen molar-refractivity contribution < 1.29 is 9.53 Å². The molecule has 0 aromatic rings. The Labute approximate surface area is 98.6 Å². The normalized spacial score (nSPS) is 27.4. The lowest BCUT2D eigenvalue weighted by atomic mass is 9.93. The highest BCUT2D eigenvalue weighted by atomic mass is 79.9. The lowest BCUT2D eigenvalue weighted by molar-refractivity contribution is -0.139. The molecule has 1 amide bonds.